The molecule has 0 amide bonds. The molecule has 0 spiro atoms. The first kappa shape index (κ1) is 13.9. The lowest BCUT2D eigenvalue weighted by atomic mass is 9.90. The summed E-state index contributed by atoms with van der Waals surface area (Å²) in [5.41, 5.74) is -2.97. The Morgan fingerprint density at radius 2 is 1.53 bits per heavy atom. The molecule has 0 radical (unpaired) electrons. The van der Waals surface area contributed by atoms with Gasteiger partial charge >= 0.3 is 18.3 Å². The van der Waals surface area contributed by atoms with Gasteiger partial charge in [-0.2, -0.15) is 26.3 Å². The summed E-state index contributed by atoms with van der Waals surface area (Å²) in [6.45, 7) is 3.08. The second-order valence-electron chi connectivity index (χ2n) is 3.94. The minimum absolute atomic E-state index is 0.376. The third-order valence-electron chi connectivity index (χ3n) is 2.18. The van der Waals surface area contributed by atoms with Crippen molar-refractivity contribution in [1.82, 2.24) is 0 Å². The van der Waals surface area contributed by atoms with Gasteiger partial charge in [-0.15, -0.1) is 0 Å². The molecule has 98 valence electrons. The fraction of sp³-hybridized carbons (Fsp3) is 0.667. The van der Waals surface area contributed by atoms with Crippen LogP contribution < -0.4 is 0 Å². The molecule has 1 aliphatic heterocycles. The molecule has 0 aliphatic carbocycles. The molecule has 0 aromatic rings. The lowest BCUT2D eigenvalue weighted by molar-refractivity contribution is -0.218. The quantitative estimate of drug-likeness (QED) is 0.434. The predicted molar refractivity (Wildman–Crippen MR) is 43.9 cm³/mol. The van der Waals surface area contributed by atoms with Crippen LogP contribution in [0.25, 0.3) is 0 Å². The van der Waals surface area contributed by atoms with Crippen molar-refractivity contribution in [2.24, 2.45) is 0 Å². The average Bonchev–Trinajstić information content (AvgIpc) is 2.17. The van der Waals surface area contributed by atoms with Crippen LogP contribution in [0.2, 0.25) is 0 Å². The van der Waals surface area contributed by atoms with Gasteiger partial charge in [0.2, 0.25) is 0 Å². The van der Waals surface area contributed by atoms with Crippen molar-refractivity contribution in [3.63, 3.8) is 0 Å². The molecular weight excluding hydrogens is 254 g/mol. The number of carbonyl (C=O) groups is 1. The summed E-state index contributed by atoms with van der Waals surface area (Å²) in [4.78, 5) is 10.9. The zero-order valence-corrected chi connectivity index (χ0v) is 8.41. The molecule has 0 N–H and O–H groups in total. The maximum atomic E-state index is 12.2. The number of cyclic esters (lactones) is 1. The molecular formula is C9H8F6O2. The Kier molecular flexibility index (Phi) is 3.19. The predicted octanol–water partition coefficient (Wildman–Crippen LogP) is 3.13. The SMILES string of the molecule is C=C1CC(CC(F)(F)F)(CC(F)(F)F)OC1=O. The van der Waals surface area contributed by atoms with E-state index >= 15 is 0 Å². The van der Waals surface area contributed by atoms with Crippen molar-refractivity contribution >= 4 is 5.97 Å². The minimum Gasteiger partial charge on any atom is -0.455 e. The molecule has 0 unspecified atom stereocenters. The minimum atomic E-state index is -4.85. The first-order chi connectivity index (χ1) is 7.43. The van der Waals surface area contributed by atoms with Crippen LogP contribution in [-0.2, 0) is 9.53 Å². The zero-order chi connectivity index (χ0) is 13.5. The fourth-order valence-corrected chi connectivity index (χ4v) is 1.76. The second kappa shape index (κ2) is 3.92. The lowest BCUT2D eigenvalue weighted by Gasteiger charge is -2.29. The molecule has 1 heterocycles. The smallest absolute Gasteiger partial charge is 0.392 e. The van der Waals surface area contributed by atoms with Crippen molar-refractivity contribution in [2.45, 2.75) is 37.2 Å². The van der Waals surface area contributed by atoms with Crippen LogP contribution in [0, 0.1) is 0 Å². The van der Waals surface area contributed by atoms with E-state index in [1.807, 2.05) is 0 Å². The van der Waals surface area contributed by atoms with Crippen LogP contribution in [0.3, 0.4) is 0 Å². The van der Waals surface area contributed by atoms with Gasteiger partial charge in [-0.25, -0.2) is 4.79 Å². The molecule has 0 atom stereocenters. The fourth-order valence-electron chi connectivity index (χ4n) is 1.76. The topological polar surface area (TPSA) is 26.3 Å². The molecule has 1 saturated heterocycles. The largest absolute Gasteiger partial charge is 0.455 e. The van der Waals surface area contributed by atoms with E-state index in [9.17, 15) is 31.1 Å². The van der Waals surface area contributed by atoms with E-state index in [0.717, 1.165) is 0 Å². The van der Waals surface area contributed by atoms with Gasteiger partial charge < -0.3 is 4.74 Å². The van der Waals surface area contributed by atoms with E-state index in [1.54, 1.807) is 0 Å². The normalized spacial score (nSPS) is 20.6. The monoisotopic (exact) mass is 262 g/mol. The summed E-state index contributed by atoms with van der Waals surface area (Å²) in [6, 6.07) is 0. The summed E-state index contributed by atoms with van der Waals surface area (Å²) in [7, 11) is 0. The van der Waals surface area contributed by atoms with E-state index in [0.29, 0.717) is 0 Å². The van der Waals surface area contributed by atoms with Gasteiger partial charge in [0.05, 0.1) is 12.8 Å². The van der Waals surface area contributed by atoms with Crippen molar-refractivity contribution in [3.05, 3.63) is 12.2 Å². The first-order valence-corrected chi connectivity index (χ1v) is 4.47. The summed E-state index contributed by atoms with van der Waals surface area (Å²) in [6.07, 6.45) is -14.1. The zero-order valence-electron chi connectivity index (χ0n) is 8.41. The van der Waals surface area contributed by atoms with E-state index in [4.69, 9.17) is 0 Å². The Labute approximate surface area is 92.2 Å². The maximum Gasteiger partial charge on any atom is 0.392 e. The van der Waals surface area contributed by atoms with Crippen LogP contribution in [0.15, 0.2) is 12.2 Å². The molecule has 0 bridgehead atoms. The number of carbonyl (C=O) groups excluding carboxylic acids is 1. The van der Waals surface area contributed by atoms with Crippen molar-refractivity contribution < 1.29 is 35.9 Å². The first-order valence-electron chi connectivity index (χ1n) is 4.47. The molecule has 0 aromatic carbocycles. The highest BCUT2D eigenvalue weighted by Crippen LogP contribution is 2.45. The molecule has 8 heteroatoms. The summed E-state index contributed by atoms with van der Waals surface area (Å²) in [5, 5.41) is 0. The standard InChI is InChI=1S/C9H8F6O2/c1-5-2-7(17-6(5)16,3-8(10,11)12)4-9(13,14)15/h1-4H2. The van der Waals surface area contributed by atoms with Gasteiger partial charge in [-0.05, 0) is 0 Å². The van der Waals surface area contributed by atoms with Crippen LogP contribution >= 0.6 is 0 Å². The van der Waals surface area contributed by atoms with Crippen LogP contribution in [-0.4, -0.2) is 23.9 Å². The third-order valence-corrected chi connectivity index (χ3v) is 2.18. The summed E-state index contributed by atoms with van der Waals surface area (Å²) in [5.74, 6) is -1.21. The van der Waals surface area contributed by atoms with E-state index in [2.05, 4.69) is 11.3 Å². The number of hydrogen-bond donors (Lipinski definition) is 0. The third kappa shape index (κ3) is 3.94. The highest BCUT2D eigenvalue weighted by molar-refractivity contribution is 5.90. The number of rotatable bonds is 2. The number of ether oxygens (including phenoxy) is 1. The van der Waals surface area contributed by atoms with Crippen LogP contribution in [0.4, 0.5) is 26.3 Å². The number of hydrogen-bond acceptors (Lipinski definition) is 2. The molecule has 0 aromatic heterocycles. The number of esters is 1. The van der Waals surface area contributed by atoms with E-state index in [1.165, 1.54) is 0 Å². The van der Waals surface area contributed by atoms with Gasteiger partial charge in [0.15, 0.2) is 0 Å². The van der Waals surface area contributed by atoms with Crippen molar-refractivity contribution in [2.75, 3.05) is 0 Å². The van der Waals surface area contributed by atoms with Gasteiger partial charge in [0, 0.05) is 12.0 Å². The molecule has 1 rings (SSSR count). The average molecular weight is 262 g/mol. The highest BCUT2D eigenvalue weighted by Gasteiger charge is 2.55. The Morgan fingerprint density at radius 3 is 1.76 bits per heavy atom. The van der Waals surface area contributed by atoms with Crippen LogP contribution in [0.5, 0.6) is 0 Å². The number of alkyl halides is 6. The molecule has 1 aliphatic rings. The van der Waals surface area contributed by atoms with Crippen LogP contribution in [0.1, 0.15) is 19.3 Å². The Balaban J connectivity index is 2.95. The van der Waals surface area contributed by atoms with E-state index in [-0.39, 0.29) is 5.57 Å². The summed E-state index contributed by atoms with van der Waals surface area (Å²) >= 11 is 0. The summed E-state index contributed by atoms with van der Waals surface area (Å²) < 4.78 is 77.4. The molecule has 17 heavy (non-hydrogen) atoms. The second-order valence-corrected chi connectivity index (χ2v) is 3.94. The highest BCUT2D eigenvalue weighted by atomic mass is 19.4. The molecule has 2 nitrogen and oxygen atoms in total. The van der Waals surface area contributed by atoms with Gasteiger partial charge in [-0.3, -0.25) is 0 Å². The lowest BCUT2D eigenvalue weighted by Crippen LogP contribution is -2.39. The Hall–Kier alpha value is -1.21. The van der Waals surface area contributed by atoms with Gasteiger partial charge in [-0.1, -0.05) is 6.58 Å². The number of halogens is 6. The van der Waals surface area contributed by atoms with E-state index < -0.39 is 43.2 Å². The molecule has 1 fully saturated rings. The van der Waals surface area contributed by atoms with Gasteiger partial charge in [0.25, 0.3) is 0 Å². The molecule has 0 saturated carbocycles. The van der Waals surface area contributed by atoms with Gasteiger partial charge in [0.1, 0.15) is 5.60 Å². The Bertz CT molecular complexity index is 306. The van der Waals surface area contributed by atoms with Crippen molar-refractivity contribution in [3.8, 4) is 0 Å². The maximum absolute atomic E-state index is 12.2. The van der Waals surface area contributed by atoms with Crippen molar-refractivity contribution in [1.29, 1.82) is 0 Å². The Morgan fingerprint density at radius 1 is 1.12 bits per heavy atom.